The SMILES string of the molecule is COc1ccc(OCCNC(=O)c2ccc(N3CCCCC3)c([N+](=O)[O-])c2)cc1. The molecule has 0 aromatic heterocycles. The van der Waals surface area contributed by atoms with E-state index in [1.54, 1.807) is 43.5 Å². The minimum atomic E-state index is -0.423. The summed E-state index contributed by atoms with van der Waals surface area (Å²) in [5.74, 6) is 1.04. The average molecular weight is 399 g/mol. The van der Waals surface area contributed by atoms with E-state index in [0.717, 1.165) is 38.1 Å². The lowest BCUT2D eigenvalue weighted by Crippen LogP contribution is -2.30. The minimum absolute atomic E-state index is 0.0333. The second-order valence-electron chi connectivity index (χ2n) is 6.79. The zero-order valence-corrected chi connectivity index (χ0v) is 16.4. The predicted octanol–water partition coefficient (Wildman–Crippen LogP) is 3.40. The number of benzene rings is 2. The summed E-state index contributed by atoms with van der Waals surface area (Å²) in [6, 6.07) is 11.8. The van der Waals surface area contributed by atoms with E-state index in [4.69, 9.17) is 9.47 Å². The molecule has 29 heavy (non-hydrogen) atoms. The van der Waals surface area contributed by atoms with Crippen LogP contribution in [-0.4, -0.2) is 44.2 Å². The number of methoxy groups -OCH3 is 1. The van der Waals surface area contributed by atoms with Crippen LogP contribution in [0.1, 0.15) is 29.6 Å². The predicted molar refractivity (Wildman–Crippen MR) is 110 cm³/mol. The largest absolute Gasteiger partial charge is 0.497 e. The van der Waals surface area contributed by atoms with Crippen molar-refractivity contribution in [1.29, 1.82) is 0 Å². The molecule has 1 saturated heterocycles. The first-order valence-electron chi connectivity index (χ1n) is 9.67. The Morgan fingerprint density at radius 3 is 2.45 bits per heavy atom. The third-order valence-corrected chi connectivity index (χ3v) is 4.85. The molecular formula is C21H25N3O5. The van der Waals surface area contributed by atoms with Crippen molar-refractivity contribution in [2.45, 2.75) is 19.3 Å². The summed E-state index contributed by atoms with van der Waals surface area (Å²) in [6.45, 7) is 2.17. The Balaban J connectivity index is 1.56. The van der Waals surface area contributed by atoms with Gasteiger partial charge >= 0.3 is 0 Å². The highest BCUT2D eigenvalue weighted by Gasteiger charge is 2.23. The van der Waals surface area contributed by atoms with Gasteiger partial charge in [0.05, 0.1) is 18.6 Å². The lowest BCUT2D eigenvalue weighted by Gasteiger charge is -2.28. The van der Waals surface area contributed by atoms with Crippen molar-refractivity contribution in [3.05, 3.63) is 58.1 Å². The van der Waals surface area contributed by atoms with E-state index < -0.39 is 4.92 Å². The summed E-state index contributed by atoms with van der Waals surface area (Å²) in [5, 5.41) is 14.3. The molecule has 8 nitrogen and oxygen atoms in total. The van der Waals surface area contributed by atoms with Gasteiger partial charge in [-0.2, -0.15) is 0 Å². The summed E-state index contributed by atoms with van der Waals surface area (Å²) >= 11 is 0. The molecule has 3 rings (SSSR count). The minimum Gasteiger partial charge on any atom is -0.497 e. The van der Waals surface area contributed by atoms with Crippen LogP contribution < -0.4 is 19.7 Å². The smallest absolute Gasteiger partial charge is 0.293 e. The molecule has 1 aliphatic heterocycles. The van der Waals surface area contributed by atoms with E-state index in [0.29, 0.717) is 11.4 Å². The molecule has 0 unspecified atom stereocenters. The number of rotatable bonds is 8. The number of ether oxygens (including phenoxy) is 2. The lowest BCUT2D eigenvalue weighted by atomic mass is 10.1. The summed E-state index contributed by atoms with van der Waals surface area (Å²) in [6.07, 6.45) is 3.19. The van der Waals surface area contributed by atoms with Gasteiger partial charge in [0, 0.05) is 24.7 Å². The Labute approximate surface area is 169 Å². The Kier molecular flexibility index (Phi) is 6.89. The molecule has 0 saturated carbocycles. The fraction of sp³-hybridized carbons (Fsp3) is 0.381. The maximum Gasteiger partial charge on any atom is 0.293 e. The quantitative estimate of drug-likeness (QED) is 0.415. The van der Waals surface area contributed by atoms with E-state index >= 15 is 0 Å². The van der Waals surface area contributed by atoms with Gasteiger partial charge in [0.2, 0.25) is 0 Å². The molecule has 1 amide bonds. The standard InChI is InChI=1S/C21H25N3O5/c1-28-17-6-8-18(9-7-17)29-14-11-22-21(25)16-5-10-19(20(15-16)24(26)27)23-12-3-2-4-13-23/h5-10,15H,2-4,11-14H2,1H3,(H,22,25). The van der Waals surface area contributed by atoms with Gasteiger partial charge in [-0.25, -0.2) is 0 Å². The van der Waals surface area contributed by atoms with E-state index in [-0.39, 0.29) is 30.3 Å². The fourth-order valence-electron chi connectivity index (χ4n) is 3.32. The Morgan fingerprint density at radius 1 is 1.10 bits per heavy atom. The number of carbonyl (C=O) groups is 1. The van der Waals surface area contributed by atoms with Gasteiger partial charge in [0.1, 0.15) is 23.8 Å². The second-order valence-corrected chi connectivity index (χ2v) is 6.79. The number of hydrogen-bond acceptors (Lipinski definition) is 6. The van der Waals surface area contributed by atoms with Gasteiger partial charge < -0.3 is 19.7 Å². The van der Waals surface area contributed by atoms with E-state index in [1.807, 2.05) is 4.90 Å². The first-order valence-corrected chi connectivity index (χ1v) is 9.67. The average Bonchev–Trinajstić information content (AvgIpc) is 2.77. The van der Waals surface area contributed by atoms with Crippen molar-refractivity contribution in [3.63, 3.8) is 0 Å². The van der Waals surface area contributed by atoms with Crippen LogP contribution in [0.4, 0.5) is 11.4 Å². The zero-order chi connectivity index (χ0) is 20.6. The highest BCUT2D eigenvalue weighted by Crippen LogP contribution is 2.31. The third kappa shape index (κ3) is 5.37. The zero-order valence-electron chi connectivity index (χ0n) is 16.4. The van der Waals surface area contributed by atoms with Crippen LogP contribution in [0.2, 0.25) is 0 Å². The summed E-state index contributed by atoms with van der Waals surface area (Å²) < 4.78 is 10.7. The first kappa shape index (κ1) is 20.4. The van der Waals surface area contributed by atoms with Crippen molar-refractivity contribution in [3.8, 4) is 11.5 Å². The number of amides is 1. The van der Waals surface area contributed by atoms with Crippen molar-refractivity contribution < 1.29 is 19.2 Å². The summed E-state index contributed by atoms with van der Waals surface area (Å²) in [4.78, 5) is 25.5. The molecule has 0 bridgehead atoms. The van der Waals surface area contributed by atoms with Crippen LogP contribution in [-0.2, 0) is 0 Å². The summed E-state index contributed by atoms with van der Waals surface area (Å²) in [5.41, 5.74) is 0.810. The Morgan fingerprint density at radius 2 is 1.79 bits per heavy atom. The molecule has 8 heteroatoms. The van der Waals surface area contributed by atoms with E-state index in [2.05, 4.69) is 5.32 Å². The molecule has 154 valence electrons. The molecule has 1 heterocycles. The lowest BCUT2D eigenvalue weighted by molar-refractivity contribution is -0.384. The van der Waals surface area contributed by atoms with Crippen LogP contribution in [0.25, 0.3) is 0 Å². The molecule has 2 aromatic carbocycles. The van der Waals surface area contributed by atoms with E-state index in [9.17, 15) is 14.9 Å². The normalized spacial score (nSPS) is 13.6. The van der Waals surface area contributed by atoms with Crippen molar-refractivity contribution >= 4 is 17.3 Å². The molecule has 0 aliphatic carbocycles. The van der Waals surface area contributed by atoms with Gasteiger partial charge in [0.15, 0.2) is 0 Å². The maximum atomic E-state index is 12.4. The van der Waals surface area contributed by atoms with Gasteiger partial charge in [-0.05, 0) is 55.7 Å². The molecule has 2 aromatic rings. The second kappa shape index (κ2) is 9.77. The van der Waals surface area contributed by atoms with Gasteiger partial charge in [0.25, 0.3) is 11.6 Å². The van der Waals surface area contributed by atoms with Crippen molar-refractivity contribution in [2.75, 3.05) is 38.3 Å². The van der Waals surface area contributed by atoms with Gasteiger partial charge in [-0.15, -0.1) is 0 Å². The number of nitrogens with zero attached hydrogens (tertiary/aromatic N) is 2. The number of nitrogens with one attached hydrogen (secondary N) is 1. The molecule has 0 atom stereocenters. The van der Waals surface area contributed by atoms with Crippen LogP contribution in [0, 0.1) is 10.1 Å². The summed E-state index contributed by atoms with van der Waals surface area (Å²) in [7, 11) is 1.59. The maximum absolute atomic E-state index is 12.4. The third-order valence-electron chi connectivity index (χ3n) is 4.85. The topological polar surface area (TPSA) is 93.9 Å². The first-order chi connectivity index (χ1) is 14.1. The molecule has 1 fully saturated rings. The molecule has 0 spiro atoms. The van der Waals surface area contributed by atoms with Gasteiger partial charge in [-0.3, -0.25) is 14.9 Å². The van der Waals surface area contributed by atoms with Crippen molar-refractivity contribution in [2.24, 2.45) is 0 Å². The van der Waals surface area contributed by atoms with Crippen LogP contribution in [0.5, 0.6) is 11.5 Å². The monoisotopic (exact) mass is 399 g/mol. The van der Waals surface area contributed by atoms with Crippen LogP contribution in [0.15, 0.2) is 42.5 Å². The van der Waals surface area contributed by atoms with Gasteiger partial charge in [-0.1, -0.05) is 0 Å². The number of nitro groups is 1. The Hall–Kier alpha value is -3.29. The highest BCUT2D eigenvalue weighted by atomic mass is 16.6. The number of piperidine rings is 1. The molecule has 1 N–H and O–H groups in total. The molecular weight excluding hydrogens is 374 g/mol. The number of nitro benzene ring substituents is 1. The number of carbonyl (C=O) groups excluding carboxylic acids is 1. The number of anilines is 1. The van der Waals surface area contributed by atoms with E-state index in [1.165, 1.54) is 6.07 Å². The highest BCUT2D eigenvalue weighted by molar-refractivity contribution is 5.95. The fourth-order valence-corrected chi connectivity index (χ4v) is 3.32. The number of hydrogen-bond donors (Lipinski definition) is 1. The Bertz CT molecular complexity index is 848. The van der Waals surface area contributed by atoms with Crippen LogP contribution in [0.3, 0.4) is 0 Å². The van der Waals surface area contributed by atoms with Crippen LogP contribution >= 0.6 is 0 Å². The van der Waals surface area contributed by atoms with Crippen molar-refractivity contribution in [1.82, 2.24) is 5.32 Å². The molecule has 1 aliphatic rings. The molecule has 0 radical (unpaired) electrons.